The van der Waals surface area contributed by atoms with Crippen molar-refractivity contribution in [3.05, 3.63) is 65.9 Å². The van der Waals surface area contributed by atoms with E-state index in [4.69, 9.17) is 9.97 Å². The molecule has 8 rings (SSSR count). The van der Waals surface area contributed by atoms with Crippen molar-refractivity contribution in [2.45, 2.75) is 105 Å². The molecule has 0 saturated heterocycles. The van der Waals surface area contributed by atoms with E-state index in [0.717, 1.165) is 152 Å². The van der Waals surface area contributed by atoms with Gasteiger partial charge in [-0.05, 0) is 96.5 Å². The number of thiophene rings is 2. The first kappa shape index (κ1) is 29.8. The van der Waals surface area contributed by atoms with Crippen LogP contribution in [-0.4, -0.2) is 18.8 Å². The molecule has 8 aromatic rings. The van der Waals surface area contributed by atoms with Crippen LogP contribution in [0.5, 0.6) is 0 Å². The van der Waals surface area contributed by atoms with Gasteiger partial charge in [0.15, 0.2) is 0 Å². The van der Waals surface area contributed by atoms with Crippen molar-refractivity contribution in [3.8, 4) is 0 Å². The second kappa shape index (κ2) is 11.6. The first-order valence-corrected chi connectivity index (χ1v) is 19.0. The molecule has 6 heterocycles. The molecule has 8 heteroatoms. The van der Waals surface area contributed by atoms with Crippen LogP contribution in [-0.2, 0) is 25.7 Å². The second-order valence-corrected chi connectivity index (χ2v) is 14.7. The summed E-state index contributed by atoms with van der Waals surface area (Å²) in [6, 6.07) is 4.07. The van der Waals surface area contributed by atoms with Crippen LogP contribution in [0.2, 0.25) is 0 Å². The highest BCUT2D eigenvalue weighted by molar-refractivity contribution is 7.17. The van der Waals surface area contributed by atoms with Crippen molar-refractivity contribution in [1.29, 1.82) is 0 Å². The fourth-order valence-electron chi connectivity index (χ4n) is 7.99. The van der Waals surface area contributed by atoms with Gasteiger partial charge in [0.25, 0.3) is 11.1 Å². The number of benzene rings is 2. The molecule has 0 spiro atoms. The van der Waals surface area contributed by atoms with Gasteiger partial charge in [0, 0.05) is 21.5 Å². The maximum absolute atomic E-state index is 15.0. The van der Waals surface area contributed by atoms with Crippen LogP contribution in [0, 0.1) is 0 Å². The quantitative estimate of drug-likeness (QED) is 0.124. The lowest BCUT2D eigenvalue weighted by Crippen LogP contribution is -2.22. The summed E-state index contributed by atoms with van der Waals surface area (Å²) >= 11 is 3.18. The Morgan fingerprint density at radius 1 is 0.522 bits per heavy atom. The number of hydrogen-bond donors (Lipinski definition) is 0. The summed E-state index contributed by atoms with van der Waals surface area (Å²) in [5.74, 6) is 0. The van der Waals surface area contributed by atoms with Gasteiger partial charge < -0.3 is 0 Å². The van der Waals surface area contributed by atoms with E-state index in [1.165, 1.54) is 11.1 Å². The molecule has 0 atom stereocenters. The molecule has 0 aliphatic rings. The Bertz CT molecular complexity index is 2360. The summed E-state index contributed by atoms with van der Waals surface area (Å²) in [5.41, 5.74) is 8.04. The lowest BCUT2D eigenvalue weighted by atomic mass is 9.80. The van der Waals surface area contributed by atoms with E-state index in [9.17, 15) is 0 Å². The van der Waals surface area contributed by atoms with E-state index in [0.29, 0.717) is 0 Å². The SMILES string of the molecule is CCCCc1c(CCCC)c2c(=O)n3c(nc4ccsc43)c3c(CCCC)c(CCCC)c4c(c1c(=O)n1c4nc4ccsc41)c23. The predicted molar refractivity (Wildman–Crippen MR) is 197 cm³/mol. The largest absolute Gasteiger partial charge is 0.268 e. The molecule has 0 radical (unpaired) electrons. The van der Waals surface area contributed by atoms with Crippen LogP contribution in [0.25, 0.3) is 64.3 Å². The van der Waals surface area contributed by atoms with E-state index in [2.05, 4.69) is 27.7 Å². The smallest absolute Gasteiger partial charge is 0.265 e. The third-order valence-corrected chi connectivity index (χ3v) is 11.9. The molecular formula is C38H40N4O2S2. The molecule has 0 fully saturated rings. The Labute approximate surface area is 275 Å². The zero-order valence-electron chi connectivity index (χ0n) is 27.2. The third kappa shape index (κ3) is 4.05. The number of fused-ring (bicyclic) bond motifs is 8. The minimum Gasteiger partial charge on any atom is -0.268 e. The fraction of sp³-hybridized carbons (Fsp3) is 0.421. The van der Waals surface area contributed by atoms with Crippen LogP contribution in [0.1, 0.15) is 101 Å². The molecule has 2 aromatic carbocycles. The Balaban J connectivity index is 1.76. The number of imidazole rings is 2. The Hall–Kier alpha value is -3.62. The van der Waals surface area contributed by atoms with Gasteiger partial charge in [-0.1, -0.05) is 53.4 Å². The van der Waals surface area contributed by atoms with Gasteiger partial charge in [0.2, 0.25) is 0 Å². The third-order valence-electron chi connectivity index (χ3n) is 10.1. The van der Waals surface area contributed by atoms with Gasteiger partial charge >= 0.3 is 0 Å². The summed E-state index contributed by atoms with van der Waals surface area (Å²) in [7, 11) is 0. The average Bonchev–Trinajstić information content (AvgIpc) is 3.84. The fourth-order valence-corrected chi connectivity index (χ4v) is 9.66. The topological polar surface area (TPSA) is 68.7 Å². The van der Waals surface area contributed by atoms with Crippen molar-refractivity contribution in [3.63, 3.8) is 0 Å². The molecule has 0 saturated carbocycles. The molecule has 0 aliphatic carbocycles. The summed E-state index contributed by atoms with van der Waals surface area (Å²) in [4.78, 5) is 42.3. The van der Waals surface area contributed by atoms with E-state index < -0.39 is 0 Å². The van der Waals surface area contributed by atoms with Gasteiger partial charge in [0.1, 0.15) is 32.0 Å². The molecule has 6 aromatic heterocycles. The lowest BCUT2D eigenvalue weighted by Gasteiger charge is -2.24. The predicted octanol–water partition coefficient (Wildman–Crippen LogP) is 9.84. The van der Waals surface area contributed by atoms with Gasteiger partial charge in [-0.25, -0.2) is 18.8 Å². The Morgan fingerprint density at radius 2 is 0.870 bits per heavy atom. The van der Waals surface area contributed by atoms with Gasteiger partial charge in [-0.2, -0.15) is 0 Å². The molecule has 0 amide bonds. The summed E-state index contributed by atoms with van der Waals surface area (Å²) < 4.78 is 3.83. The zero-order valence-corrected chi connectivity index (χ0v) is 28.8. The van der Waals surface area contributed by atoms with Crippen LogP contribution >= 0.6 is 22.7 Å². The first-order valence-electron chi connectivity index (χ1n) is 17.3. The molecule has 236 valence electrons. The van der Waals surface area contributed by atoms with Gasteiger partial charge in [-0.15, -0.1) is 22.7 Å². The number of hydrogen-bond acceptors (Lipinski definition) is 6. The number of rotatable bonds is 12. The lowest BCUT2D eigenvalue weighted by molar-refractivity contribution is 0.763. The maximum atomic E-state index is 15.0. The Kier molecular flexibility index (Phi) is 7.48. The van der Waals surface area contributed by atoms with Crippen molar-refractivity contribution in [2.75, 3.05) is 0 Å². The second-order valence-electron chi connectivity index (χ2n) is 13.0. The van der Waals surface area contributed by atoms with Crippen LogP contribution in [0.15, 0.2) is 32.5 Å². The van der Waals surface area contributed by atoms with Crippen LogP contribution in [0.3, 0.4) is 0 Å². The molecule has 46 heavy (non-hydrogen) atoms. The number of unbranched alkanes of at least 4 members (excludes halogenated alkanes) is 4. The number of nitrogens with zero attached hydrogens (tertiary/aromatic N) is 4. The molecular weight excluding hydrogens is 609 g/mol. The maximum Gasteiger partial charge on any atom is 0.265 e. The van der Waals surface area contributed by atoms with Crippen LogP contribution in [0.4, 0.5) is 0 Å². The van der Waals surface area contributed by atoms with E-state index in [1.807, 2.05) is 31.7 Å². The van der Waals surface area contributed by atoms with E-state index in [1.54, 1.807) is 22.7 Å². The molecule has 0 aliphatic heterocycles. The van der Waals surface area contributed by atoms with Crippen molar-refractivity contribution in [2.24, 2.45) is 0 Å². The standard InChI is InChI=1S/C38H40N4O2S2/c1-5-9-13-21-22(14-10-6-2)28-32-30(36(44)42-34(28)40-26-18-20-46-38(26)42)24(16-12-8-4)23(15-11-7-3)29-31(32)27(21)33-39-25-17-19-45-37(25)41(33)35(29)43/h17-20H,5-16H2,1-4H3. The Morgan fingerprint density at radius 3 is 1.22 bits per heavy atom. The van der Waals surface area contributed by atoms with Crippen molar-refractivity contribution < 1.29 is 0 Å². The highest BCUT2D eigenvalue weighted by atomic mass is 32.1. The monoisotopic (exact) mass is 648 g/mol. The van der Waals surface area contributed by atoms with Crippen LogP contribution < -0.4 is 11.1 Å². The molecule has 0 N–H and O–H groups in total. The van der Waals surface area contributed by atoms with Crippen molar-refractivity contribution >= 4 is 87.0 Å². The first-order chi connectivity index (χ1) is 22.5. The van der Waals surface area contributed by atoms with Crippen molar-refractivity contribution in [1.82, 2.24) is 18.8 Å². The van der Waals surface area contributed by atoms with Gasteiger partial charge in [-0.3, -0.25) is 9.59 Å². The summed E-state index contributed by atoms with van der Waals surface area (Å²) in [5, 5.41) is 9.79. The number of aromatic nitrogens is 4. The average molecular weight is 649 g/mol. The molecule has 6 nitrogen and oxygen atoms in total. The normalized spacial score (nSPS) is 12.7. The van der Waals surface area contributed by atoms with Gasteiger partial charge in [0.05, 0.1) is 10.8 Å². The highest BCUT2D eigenvalue weighted by Crippen LogP contribution is 2.46. The highest BCUT2D eigenvalue weighted by Gasteiger charge is 2.31. The minimum atomic E-state index is 0.0129. The minimum absolute atomic E-state index is 0.0129. The number of aryl methyl sites for hydroxylation is 4. The summed E-state index contributed by atoms with van der Waals surface area (Å²) in [6.45, 7) is 8.90. The van der Waals surface area contributed by atoms with E-state index >= 15 is 9.59 Å². The zero-order chi connectivity index (χ0) is 31.7. The van der Waals surface area contributed by atoms with E-state index in [-0.39, 0.29) is 11.1 Å². The number of pyridine rings is 2. The summed E-state index contributed by atoms with van der Waals surface area (Å²) in [6.07, 6.45) is 11.6. The molecule has 0 unspecified atom stereocenters. The molecule has 0 bridgehead atoms.